The Morgan fingerprint density at radius 2 is 2.09 bits per heavy atom. The molecule has 1 aliphatic heterocycles. The summed E-state index contributed by atoms with van der Waals surface area (Å²) in [5.74, 6) is 1.63. The number of hydrogen-bond acceptors (Lipinski definition) is 4. The minimum atomic E-state index is 0.0154. The molecular formula is C18H21N3O2. The van der Waals surface area contributed by atoms with E-state index >= 15 is 0 Å². The zero-order valence-electron chi connectivity index (χ0n) is 13.7. The van der Waals surface area contributed by atoms with Crippen LogP contribution < -0.4 is 14.5 Å². The number of carbonyl (C=O) groups excluding carboxylic acids is 1. The van der Waals surface area contributed by atoms with E-state index in [4.69, 9.17) is 4.74 Å². The summed E-state index contributed by atoms with van der Waals surface area (Å²) in [6.45, 7) is 0.734. The molecule has 0 saturated heterocycles. The number of rotatable bonds is 3. The minimum Gasteiger partial charge on any atom is -0.497 e. The van der Waals surface area contributed by atoms with E-state index in [9.17, 15) is 4.79 Å². The lowest BCUT2D eigenvalue weighted by Crippen LogP contribution is -2.35. The topological polar surface area (TPSA) is 45.7 Å². The zero-order valence-corrected chi connectivity index (χ0v) is 13.7. The number of benzene rings is 1. The molecule has 1 amide bonds. The Hall–Kier alpha value is -2.56. The number of aromatic nitrogens is 1. The van der Waals surface area contributed by atoms with Gasteiger partial charge in [-0.25, -0.2) is 4.98 Å². The molecule has 1 aromatic heterocycles. The predicted octanol–water partition coefficient (Wildman–Crippen LogP) is 2.75. The van der Waals surface area contributed by atoms with Gasteiger partial charge < -0.3 is 14.5 Å². The van der Waals surface area contributed by atoms with E-state index in [1.54, 1.807) is 19.4 Å². The average Bonchev–Trinajstić information content (AvgIpc) is 2.60. The summed E-state index contributed by atoms with van der Waals surface area (Å²) in [6.07, 6.45) is 3.61. The number of nitrogens with zero attached hydrogens (tertiary/aromatic N) is 3. The van der Waals surface area contributed by atoms with Crippen molar-refractivity contribution in [1.82, 2.24) is 4.98 Å². The molecule has 0 fully saturated rings. The van der Waals surface area contributed by atoms with E-state index in [2.05, 4.69) is 4.98 Å². The van der Waals surface area contributed by atoms with Gasteiger partial charge in [0.2, 0.25) is 0 Å². The third-order valence-corrected chi connectivity index (χ3v) is 4.10. The van der Waals surface area contributed by atoms with Crippen molar-refractivity contribution in [2.45, 2.75) is 12.8 Å². The van der Waals surface area contributed by atoms with E-state index < -0.39 is 0 Å². The van der Waals surface area contributed by atoms with Crippen molar-refractivity contribution in [2.24, 2.45) is 0 Å². The number of carbonyl (C=O) groups is 1. The molecule has 0 saturated carbocycles. The lowest BCUT2D eigenvalue weighted by molar-refractivity contribution is 0.0985. The molecule has 0 radical (unpaired) electrons. The average molecular weight is 311 g/mol. The van der Waals surface area contributed by atoms with Crippen molar-refractivity contribution in [2.75, 3.05) is 37.5 Å². The quantitative estimate of drug-likeness (QED) is 0.874. The summed E-state index contributed by atoms with van der Waals surface area (Å²) >= 11 is 0. The second-order valence-corrected chi connectivity index (χ2v) is 5.85. The molecule has 1 aliphatic rings. The summed E-state index contributed by atoms with van der Waals surface area (Å²) in [6, 6.07) is 9.50. The van der Waals surface area contributed by atoms with Crippen LogP contribution in [-0.2, 0) is 6.42 Å². The van der Waals surface area contributed by atoms with E-state index in [-0.39, 0.29) is 5.91 Å². The summed E-state index contributed by atoms with van der Waals surface area (Å²) in [7, 11) is 5.49. The van der Waals surface area contributed by atoms with Gasteiger partial charge in [-0.2, -0.15) is 0 Å². The number of methoxy groups -OCH3 is 1. The summed E-state index contributed by atoms with van der Waals surface area (Å²) in [5, 5.41) is 0. The first-order valence-corrected chi connectivity index (χ1v) is 7.72. The van der Waals surface area contributed by atoms with Crippen LogP contribution in [0.25, 0.3) is 0 Å². The highest BCUT2D eigenvalue weighted by Crippen LogP contribution is 2.31. The van der Waals surface area contributed by atoms with Gasteiger partial charge in [0, 0.05) is 38.1 Å². The molecule has 0 atom stereocenters. The number of anilines is 2. The fraction of sp³-hybridized carbons (Fsp3) is 0.333. The molecule has 2 heterocycles. The van der Waals surface area contributed by atoms with Crippen molar-refractivity contribution in [1.29, 1.82) is 0 Å². The maximum atomic E-state index is 12.9. The van der Waals surface area contributed by atoms with Crippen LogP contribution >= 0.6 is 0 Å². The molecule has 0 unspecified atom stereocenters. The standard InChI is InChI=1S/C18H21N3O2/c1-20(2)17-12-14(8-9-19-17)18(22)21-10-4-5-13-11-15(23-3)6-7-16(13)21/h6-9,11-12H,4-5,10H2,1-3H3. The molecule has 2 aromatic rings. The maximum absolute atomic E-state index is 12.9. The molecule has 0 bridgehead atoms. The summed E-state index contributed by atoms with van der Waals surface area (Å²) in [4.78, 5) is 21.0. The van der Waals surface area contributed by atoms with Gasteiger partial charge in [0.25, 0.3) is 5.91 Å². The van der Waals surface area contributed by atoms with Crippen molar-refractivity contribution in [3.8, 4) is 5.75 Å². The summed E-state index contributed by atoms with van der Waals surface area (Å²) in [5.41, 5.74) is 2.79. The molecule has 23 heavy (non-hydrogen) atoms. The molecule has 0 aliphatic carbocycles. The minimum absolute atomic E-state index is 0.0154. The highest BCUT2D eigenvalue weighted by molar-refractivity contribution is 6.07. The first-order valence-electron chi connectivity index (χ1n) is 7.72. The van der Waals surface area contributed by atoms with Crippen LogP contribution in [0.3, 0.4) is 0 Å². The molecule has 5 heteroatoms. The van der Waals surface area contributed by atoms with E-state index in [1.165, 1.54) is 0 Å². The Morgan fingerprint density at radius 3 is 2.83 bits per heavy atom. The molecule has 120 valence electrons. The lowest BCUT2D eigenvalue weighted by atomic mass is 10.0. The molecular weight excluding hydrogens is 290 g/mol. The van der Waals surface area contributed by atoms with Crippen molar-refractivity contribution >= 4 is 17.4 Å². The maximum Gasteiger partial charge on any atom is 0.258 e. The van der Waals surface area contributed by atoms with Crippen LogP contribution in [0.1, 0.15) is 22.3 Å². The third-order valence-electron chi connectivity index (χ3n) is 4.10. The Kier molecular flexibility index (Phi) is 4.19. The first kappa shape index (κ1) is 15.3. The lowest BCUT2D eigenvalue weighted by Gasteiger charge is -2.30. The molecule has 0 N–H and O–H groups in total. The van der Waals surface area contributed by atoms with Gasteiger partial charge in [-0.15, -0.1) is 0 Å². The zero-order chi connectivity index (χ0) is 16.4. The number of aryl methyl sites for hydroxylation is 1. The highest BCUT2D eigenvalue weighted by Gasteiger charge is 2.24. The normalized spacial score (nSPS) is 13.4. The number of pyridine rings is 1. The predicted molar refractivity (Wildman–Crippen MR) is 91.6 cm³/mol. The number of amides is 1. The SMILES string of the molecule is COc1ccc2c(c1)CCCN2C(=O)c1ccnc(N(C)C)c1. The molecule has 3 rings (SSSR count). The van der Waals surface area contributed by atoms with Gasteiger partial charge in [-0.1, -0.05) is 0 Å². The Labute approximate surface area is 136 Å². The fourth-order valence-electron chi connectivity index (χ4n) is 2.86. The van der Waals surface area contributed by atoms with E-state index in [1.807, 2.05) is 48.2 Å². The monoisotopic (exact) mass is 311 g/mol. The van der Waals surface area contributed by atoms with Crippen LogP contribution in [0.15, 0.2) is 36.5 Å². The van der Waals surface area contributed by atoms with E-state index in [0.29, 0.717) is 5.56 Å². The van der Waals surface area contributed by atoms with Crippen molar-refractivity contribution in [3.05, 3.63) is 47.7 Å². The van der Waals surface area contributed by atoms with Crippen molar-refractivity contribution in [3.63, 3.8) is 0 Å². The van der Waals surface area contributed by atoms with Gasteiger partial charge in [0.1, 0.15) is 11.6 Å². The van der Waals surface area contributed by atoms with Crippen LogP contribution in [0.4, 0.5) is 11.5 Å². The van der Waals surface area contributed by atoms with Crippen LogP contribution in [-0.4, -0.2) is 38.6 Å². The molecule has 1 aromatic carbocycles. The highest BCUT2D eigenvalue weighted by atomic mass is 16.5. The van der Waals surface area contributed by atoms with Gasteiger partial charge in [0.15, 0.2) is 0 Å². The van der Waals surface area contributed by atoms with Gasteiger partial charge in [-0.3, -0.25) is 4.79 Å². The van der Waals surface area contributed by atoms with E-state index in [0.717, 1.165) is 42.2 Å². The van der Waals surface area contributed by atoms with Gasteiger partial charge in [-0.05, 0) is 48.7 Å². The molecule has 0 spiro atoms. The molecule has 5 nitrogen and oxygen atoms in total. The fourth-order valence-corrected chi connectivity index (χ4v) is 2.86. The van der Waals surface area contributed by atoms with Gasteiger partial charge in [0.05, 0.1) is 7.11 Å². The second kappa shape index (κ2) is 6.28. The first-order chi connectivity index (χ1) is 11.1. The number of fused-ring (bicyclic) bond motifs is 1. The van der Waals surface area contributed by atoms with Crippen LogP contribution in [0, 0.1) is 0 Å². The number of ether oxygens (including phenoxy) is 1. The summed E-state index contributed by atoms with van der Waals surface area (Å²) < 4.78 is 5.29. The van der Waals surface area contributed by atoms with Gasteiger partial charge >= 0.3 is 0 Å². The Bertz CT molecular complexity index is 728. The van der Waals surface area contributed by atoms with Crippen LogP contribution in [0.5, 0.6) is 5.75 Å². The Balaban J connectivity index is 1.94. The van der Waals surface area contributed by atoms with Crippen molar-refractivity contribution < 1.29 is 9.53 Å². The Morgan fingerprint density at radius 1 is 1.26 bits per heavy atom. The smallest absolute Gasteiger partial charge is 0.258 e. The number of hydrogen-bond donors (Lipinski definition) is 0. The largest absolute Gasteiger partial charge is 0.497 e. The second-order valence-electron chi connectivity index (χ2n) is 5.85. The van der Waals surface area contributed by atoms with Crippen LogP contribution in [0.2, 0.25) is 0 Å². The third kappa shape index (κ3) is 2.99.